The SMILES string of the molecule is c1ccc(N2N=N[C@@H]3[C@H]2[C@@H]2C[C@H]3C3(CC3)C2)cc1. The van der Waals surface area contributed by atoms with Crippen LogP contribution in [0.2, 0.25) is 0 Å². The van der Waals surface area contributed by atoms with Gasteiger partial charge in [0, 0.05) is 0 Å². The fourth-order valence-corrected chi connectivity index (χ4v) is 4.82. The summed E-state index contributed by atoms with van der Waals surface area (Å²) in [5.41, 5.74) is 1.92. The van der Waals surface area contributed by atoms with Gasteiger partial charge in [-0.05, 0) is 55.1 Å². The molecule has 0 amide bonds. The molecule has 1 aromatic carbocycles. The molecule has 0 N–H and O–H groups in total. The van der Waals surface area contributed by atoms with E-state index >= 15 is 0 Å². The lowest BCUT2D eigenvalue weighted by Crippen LogP contribution is -2.42. The van der Waals surface area contributed by atoms with Crippen molar-refractivity contribution in [1.29, 1.82) is 0 Å². The third-order valence-corrected chi connectivity index (χ3v) is 5.73. The van der Waals surface area contributed by atoms with E-state index in [2.05, 4.69) is 45.7 Å². The molecule has 3 aliphatic carbocycles. The van der Waals surface area contributed by atoms with Crippen LogP contribution >= 0.6 is 0 Å². The first kappa shape index (κ1) is 9.54. The van der Waals surface area contributed by atoms with E-state index in [1.165, 1.54) is 31.4 Å². The van der Waals surface area contributed by atoms with E-state index in [0.29, 0.717) is 17.5 Å². The minimum absolute atomic E-state index is 0.492. The summed E-state index contributed by atoms with van der Waals surface area (Å²) in [5, 5.41) is 11.3. The van der Waals surface area contributed by atoms with E-state index in [9.17, 15) is 0 Å². The first-order valence-electron chi connectivity index (χ1n) is 7.12. The van der Waals surface area contributed by atoms with Crippen molar-refractivity contribution in [3.63, 3.8) is 0 Å². The molecule has 5 rings (SSSR count). The average molecular weight is 239 g/mol. The summed E-state index contributed by atoms with van der Waals surface area (Å²) >= 11 is 0. The second kappa shape index (κ2) is 2.95. The van der Waals surface area contributed by atoms with Crippen molar-refractivity contribution in [2.24, 2.45) is 27.6 Å². The van der Waals surface area contributed by atoms with Crippen LogP contribution in [0.5, 0.6) is 0 Å². The molecule has 0 radical (unpaired) electrons. The number of rotatable bonds is 1. The predicted molar refractivity (Wildman–Crippen MR) is 69.2 cm³/mol. The van der Waals surface area contributed by atoms with Crippen molar-refractivity contribution in [2.75, 3.05) is 5.01 Å². The zero-order valence-electron chi connectivity index (χ0n) is 10.4. The summed E-state index contributed by atoms with van der Waals surface area (Å²) in [6.45, 7) is 0. The van der Waals surface area contributed by atoms with Crippen LogP contribution in [-0.2, 0) is 0 Å². The number of benzene rings is 1. The third-order valence-electron chi connectivity index (χ3n) is 5.73. The van der Waals surface area contributed by atoms with Crippen molar-refractivity contribution in [1.82, 2.24) is 0 Å². The molecule has 18 heavy (non-hydrogen) atoms. The maximum absolute atomic E-state index is 4.62. The summed E-state index contributed by atoms with van der Waals surface area (Å²) in [6, 6.07) is 11.6. The highest BCUT2D eigenvalue weighted by Crippen LogP contribution is 2.70. The van der Waals surface area contributed by atoms with Gasteiger partial charge in [0.2, 0.25) is 0 Å². The molecule has 3 nitrogen and oxygen atoms in total. The molecule has 0 unspecified atom stereocenters. The molecule has 0 saturated heterocycles. The Morgan fingerprint density at radius 2 is 2.00 bits per heavy atom. The number of hydrogen-bond acceptors (Lipinski definition) is 3. The average Bonchev–Trinajstić information content (AvgIpc) is 2.77. The standard InChI is InChI=1S/C15H17N3/c1-2-4-11(5-3-1)18-14-10-8-12(13(14)16-17-18)15(9-10)6-7-15/h1-5,10,12-14H,6-9H2/t10-,12-,13+,14-/m1/s1. The highest BCUT2D eigenvalue weighted by atomic mass is 15.6. The monoisotopic (exact) mass is 239 g/mol. The molecule has 92 valence electrons. The lowest BCUT2D eigenvalue weighted by Gasteiger charge is -2.33. The van der Waals surface area contributed by atoms with Gasteiger partial charge in [-0.2, -0.15) is 5.11 Å². The third kappa shape index (κ3) is 1.02. The molecule has 3 fully saturated rings. The lowest BCUT2D eigenvalue weighted by molar-refractivity contribution is 0.260. The minimum atomic E-state index is 0.492. The number of nitrogens with zero attached hydrogens (tertiary/aromatic N) is 3. The Kier molecular flexibility index (Phi) is 1.57. The van der Waals surface area contributed by atoms with Gasteiger partial charge in [-0.15, -0.1) is 0 Å². The minimum Gasteiger partial charge on any atom is -0.242 e. The van der Waals surface area contributed by atoms with Crippen molar-refractivity contribution < 1.29 is 0 Å². The van der Waals surface area contributed by atoms with Gasteiger partial charge in [-0.3, -0.25) is 0 Å². The van der Waals surface area contributed by atoms with E-state index in [4.69, 9.17) is 0 Å². The van der Waals surface area contributed by atoms with Crippen molar-refractivity contribution in [3.05, 3.63) is 30.3 Å². The highest BCUT2D eigenvalue weighted by molar-refractivity contribution is 5.48. The number of para-hydroxylation sites is 1. The molecule has 2 bridgehead atoms. The molecule has 1 spiro atoms. The molecule has 0 aromatic heterocycles. The van der Waals surface area contributed by atoms with Gasteiger partial charge in [0.05, 0.1) is 17.8 Å². The first-order chi connectivity index (χ1) is 8.87. The van der Waals surface area contributed by atoms with Crippen LogP contribution in [0.15, 0.2) is 40.7 Å². The molecule has 1 aliphatic heterocycles. The summed E-state index contributed by atoms with van der Waals surface area (Å²) in [7, 11) is 0. The zero-order valence-corrected chi connectivity index (χ0v) is 10.4. The van der Waals surface area contributed by atoms with Gasteiger partial charge in [-0.1, -0.05) is 23.4 Å². The van der Waals surface area contributed by atoms with E-state index < -0.39 is 0 Å². The highest BCUT2D eigenvalue weighted by Gasteiger charge is 2.67. The van der Waals surface area contributed by atoms with Crippen molar-refractivity contribution >= 4 is 5.69 Å². The van der Waals surface area contributed by atoms with E-state index in [-0.39, 0.29) is 0 Å². The van der Waals surface area contributed by atoms with Crippen LogP contribution in [0, 0.1) is 17.3 Å². The van der Waals surface area contributed by atoms with Crippen LogP contribution in [0.4, 0.5) is 5.69 Å². The van der Waals surface area contributed by atoms with Gasteiger partial charge in [-0.25, -0.2) is 5.01 Å². The smallest absolute Gasteiger partial charge is 0.0990 e. The topological polar surface area (TPSA) is 28.0 Å². The molecular weight excluding hydrogens is 222 g/mol. The fourth-order valence-electron chi connectivity index (χ4n) is 4.82. The van der Waals surface area contributed by atoms with E-state index in [1.54, 1.807) is 0 Å². The van der Waals surface area contributed by atoms with E-state index in [0.717, 1.165) is 11.8 Å². The summed E-state index contributed by atoms with van der Waals surface area (Å²) in [5.74, 6) is 1.67. The molecule has 4 atom stereocenters. The van der Waals surface area contributed by atoms with Gasteiger partial charge in [0.1, 0.15) is 0 Å². The van der Waals surface area contributed by atoms with Crippen LogP contribution in [0.1, 0.15) is 25.7 Å². The molecule has 3 heteroatoms. The van der Waals surface area contributed by atoms with Crippen LogP contribution in [0.25, 0.3) is 0 Å². The Morgan fingerprint density at radius 3 is 2.78 bits per heavy atom. The Bertz CT molecular complexity index is 520. The summed E-state index contributed by atoms with van der Waals surface area (Å²) in [4.78, 5) is 0. The second-order valence-electron chi connectivity index (χ2n) is 6.53. The fraction of sp³-hybridized carbons (Fsp3) is 0.600. The lowest BCUT2D eigenvalue weighted by atomic mass is 9.80. The summed E-state index contributed by atoms with van der Waals surface area (Å²) in [6.07, 6.45) is 5.75. The van der Waals surface area contributed by atoms with Gasteiger partial charge in [0.15, 0.2) is 0 Å². The molecule has 1 heterocycles. The Hall–Kier alpha value is -1.38. The maximum atomic E-state index is 4.62. The predicted octanol–water partition coefficient (Wildman–Crippen LogP) is 3.43. The normalized spacial score (nSPS) is 41.7. The van der Waals surface area contributed by atoms with Crippen molar-refractivity contribution in [3.8, 4) is 0 Å². The van der Waals surface area contributed by atoms with E-state index in [1.807, 2.05) is 0 Å². The van der Waals surface area contributed by atoms with Crippen molar-refractivity contribution in [2.45, 2.75) is 37.8 Å². The largest absolute Gasteiger partial charge is 0.242 e. The van der Waals surface area contributed by atoms with Gasteiger partial charge < -0.3 is 0 Å². The molecule has 1 aromatic rings. The van der Waals surface area contributed by atoms with Crippen LogP contribution in [0.3, 0.4) is 0 Å². The molecular formula is C15H17N3. The Morgan fingerprint density at radius 1 is 1.17 bits per heavy atom. The quantitative estimate of drug-likeness (QED) is 0.738. The maximum Gasteiger partial charge on any atom is 0.0990 e. The van der Waals surface area contributed by atoms with Gasteiger partial charge >= 0.3 is 0 Å². The second-order valence-corrected chi connectivity index (χ2v) is 6.53. The van der Waals surface area contributed by atoms with Gasteiger partial charge in [0.25, 0.3) is 0 Å². The zero-order chi connectivity index (χ0) is 11.7. The Labute approximate surface area is 107 Å². The first-order valence-corrected chi connectivity index (χ1v) is 7.12. The summed E-state index contributed by atoms with van der Waals surface area (Å²) < 4.78 is 0. The number of anilines is 1. The number of fused-ring (bicyclic) bond motifs is 6. The van der Waals surface area contributed by atoms with Crippen LogP contribution in [-0.4, -0.2) is 12.1 Å². The van der Waals surface area contributed by atoms with Crippen LogP contribution < -0.4 is 5.01 Å². The molecule has 3 saturated carbocycles. The molecule has 4 aliphatic rings. The number of hydrogen-bond donors (Lipinski definition) is 0. The Balaban J connectivity index is 1.52.